The van der Waals surface area contributed by atoms with Crippen LogP contribution < -0.4 is 5.32 Å². The van der Waals surface area contributed by atoms with Gasteiger partial charge in [0, 0.05) is 11.6 Å². The van der Waals surface area contributed by atoms with Gasteiger partial charge in [-0.15, -0.1) is 0 Å². The molecule has 1 amide bonds. The fourth-order valence-electron chi connectivity index (χ4n) is 4.67. The Labute approximate surface area is 192 Å². The van der Waals surface area contributed by atoms with E-state index in [0.717, 1.165) is 47.9 Å². The Morgan fingerprint density at radius 1 is 1.03 bits per heavy atom. The molecule has 5 nitrogen and oxygen atoms in total. The van der Waals surface area contributed by atoms with Crippen molar-refractivity contribution in [3.05, 3.63) is 77.7 Å². The number of hydrogen-bond donors (Lipinski definition) is 1. The van der Waals surface area contributed by atoms with Gasteiger partial charge in [-0.2, -0.15) is 5.10 Å². The number of amides is 1. The molecule has 4 aromatic rings. The zero-order valence-electron chi connectivity index (χ0n) is 18.9. The molecule has 0 spiro atoms. The predicted molar refractivity (Wildman–Crippen MR) is 128 cm³/mol. The van der Waals surface area contributed by atoms with Crippen molar-refractivity contribution in [1.82, 2.24) is 20.1 Å². The minimum Gasteiger partial charge on any atom is -0.348 e. The monoisotopic (exact) mass is 442 g/mol. The quantitative estimate of drug-likeness (QED) is 0.432. The maximum absolute atomic E-state index is 14.0. The van der Waals surface area contributed by atoms with E-state index in [-0.39, 0.29) is 17.8 Å². The van der Waals surface area contributed by atoms with Gasteiger partial charge in [-0.25, -0.2) is 14.1 Å². The van der Waals surface area contributed by atoms with Crippen LogP contribution in [0, 0.1) is 18.7 Å². The number of aromatic nitrogens is 3. The molecule has 1 N–H and O–H groups in total. The summed E-state index contributed by atoms with van der Waals surface area (Å²) < 4.78 is 15.7. The molecule has 2 aromatic carbocycles. The predicted octanol–water partition coefficient (Wildman–Crippen LogP) is 5.84. The van der Waals surface area contributed by atoms with Gasteiger partial charge in [0.25, 0.3) is 5.91 Å². The third-order valence-electron chi connectivity index (χ3n) is 6.52. The average molecular weight is 443 g/mol. The molecule has 6 heteroatoms. The molecule has 2 heterocycles. The lowest BCUT2D eigenvalue weighted by Crippen LogP contribution is -2.37. The Kier molecular flexibility index (Phi) is 5.67. The minimum atomic E-state index is -0.352. The van der Waals surface area contributed by atoms with Crippen LogP contribution in [-0.2, 0) is 0 Å². The second kappa shape index (κ2) is 8.77. The number of benzene rings is 2. The summed E-state index contributed by atoms with van der Waals surface area (Å²) >= 11 is 0. The topological polar surface area (TPSA) is 59.8 Å². The Hall–Kier alpha value is -3.54. The van der Waals surface area contributed by atoms with E-state index in [1.165, 1.54) is 12.1 Å². The number of hydrogen-bond acceptors (Lipinski definition) is 3. The number of fused-ring (bicyclic) bond motifs is 1. The second-order valence-corrected chi connectivity index (χ2v) is 9.06. The molecule has 33 heavy (non-hydrogen) atoms. The van der Waals surface area contributed by atoms with Gasteiger partial charge in [0.1, 0.15) is 17.2 Å². The number of carbonyl (C=O) groups is 1. The lowest BCUT2D eigenvalue weighted by atomic mass is 9.87. The van der Waals surface area contributed by atoms with Crippen LogP contribution in [0.2, 0.25) is 0 Å². The molecule has 1 saturated carbocycles. The van der Waals surface area contributed by atoms with E-state index < -0.39 is 0 Å². The molecule has 1 aliphatic carbocycles. The molecule has 0 radical (unpaired) electrons. The number of aryl methyl sites for hydroxylation is 1. The van der Waals surface area contributed by atoms with Crippen molar-refractivity contribution in [2.24, 2.45) is 5.92 Å². The number of nitrogens with one attached hydrogen (secondary N) is 1. The van der Waals surface area contributed by atoms with Gasteiger partial charge in [-0.3, -0.25) is 4.79 Å². The van der Waals surface area contributed by atoms with Crippen molar-refractivity contribution in [2.75, 3.05) is 0 Å². The lowest BCUT2D eigenvalue weighted by Gasteiger charge is -2.26. The number of nitrogens with zero attached hydrogens (tertiary/aromatic N) is 3. The fraction of sp³-hybridized carbons (Fsp3) is 0.296. The number of pyridine rings is 1. The Morgan fingerprint density at radius 3 is 2.52 bits per heavy atom. The first-order valence-corrected chi connectivity index (χ1v) is 11.5. The molecule has 1 fully saturated rings. The highest BCUT2D eigenvalue weighted by molar-refractivity contribution is 5.99. The normalized spacial score (nSPS) is 18.4. The van der Waals surface area contributed by atoms with Crippen LogP contribution in [0.1, 0.15) is 48.7 Å². The van der Waals surface area contributed by atoms with Crippen LogP contribution >= 0.6 is 0 Å². The molecular weight excluding hydrogens is 415 g/mol. The maximum Gasteiger partial charge on any atom is 0.270 e. The van der Waals surface area contributed by atoms with E-state index in [1.54, 1.807) is 16.8 Å². The number of halogens is 1. The highest BCUT2D eigenvalue weighted by atomic mass is 19.1. The molecule has 0 aliphatic heterocycles. The second-order valence-electron chi connectivity index (χ2n) is 9.06. The maximum atomic E-state index is 14.0. The van der Waals surface area contributed by atoms with Crippen LogP contribution in [0.3, 0.4) is 0 Å². The van der Waals surface area contributed by atoms with Crippen molar-refractivity contribution in [3.63, 3.8) is 0 Å². The van der Waals surface area contributed by atoms with Gasteiger partial charge in [0.15, 0.2) is 5.65 Å². The van der Waals surface area contributed by atoms with Crippen LogP contribution in [-0.4, -0.2) is 26.7 Å². The summed E-state index contributed by atoms with van der Waals surface area (Å²) in [5, 5.41) is 8.83. The first-order valence-electron chi connectivity index (χ1n) is 11.5. The van der Waals surface area contributed by atoms with Crippen molar-refractivity contribution < 1.29 is 9.18 Å². The summed E-state index contributed by atoms with van der Waals surface area (Å²) in [5.41, 5.74) is 4.07. The third kappa shape index (κ3) is 4.25. The Bertz CT molecular complexity index is 1310. The molecule has 168 valence electrons. The van der Waals surface area contributed by atoms with Gasteiger partial charge in [0.05, 0.1) is 11.1 Å². The highest BCUT2D eigenvalue weighted by Crippen LogP contribution is 2.32. The molecule has 1 aliphatic rings. The van der Waals surface area contributed by atoms with Crippen molar-refractivity contribution in [1.29, 1.82) is 0 Å². The van der Waals surface area contributed by atoms with E-state index in [9.17, 15) is 9.18 Å². The first kappa shape index (κ1) is 21.3. The summed E-state index contributed by atoms with van der Waals surface area (Å²) in [6.45, 7) is 4.22. The van der Waals surface area contributed by atoms with Gasteiger partial charge < -0.3 is 5.32 Å². The molecule has 0 bridgehead atoms. The van der Waals surface area contributed by atoms with Crippen LogP contribution in [0.15, 0.2) is 60.7 Å². The number of rotatable bonds is 4. The van der Waals surface area contributed by atoms with E-state index in [1.807, 2.05) is 43.3 Å². The van der Waals surface area contributed by atoms with Crippen molar-refractivity contribution in [3.8, 4) is 16.9 Å². The lowest BCUT2D eigenvalue weighted by molar-refractivity contribution is 0.0918. The van der Waals surface area contributed by atoms with E-state index in [4.69, 9.17) is 10.1 Å². The van der Waals surface area contributed by atoms with Gasteiger partial charge in [0.2, 0.25) is 0 Å². The fourth-order valence-corrected chi connectivity index (χ4v) is 4.67. The zero-order valence-corrected chi connectivity index (χ0v) is 18.9. The van der Waals surface area contributed by atoms with E-state index in [0.29, 0.717) is 22.9 Å². The first-order chi connectivity index (χ1) is 16.0. The van der Waals surface area contributed by atoms with Gasteiger partial charge >= 0.3 is 0 Å². The van der Waals surface area contributed by atoms with Gasteiger partial charge in [-0.1, -0.05) is 43.3 Å². The van der Waals surface area contributed by atoms with Crippen molar-refractivity contribution >= 4 is 16.9 Å². The largest absolute Gasteiger partial charge is 0.348 e. The molecule has 0 unspecified atom stereocenters. The van der Waals surface area contributed by atoms with Crippen LogP contribution in [0.25, 0.3) is 28.0 Å². The van der Waals surface area contributed by atoms with Crippen molar-refractivity contribution in [2.45, 2.75) is 45.6 Å². The molecule has 2 aromatic heterocycles. The Morgan fingerprint density at radius 2 is 1.79 bits per heavy atom. The van der Waals surface area contributed by atoms with Gasteiger partial charge in [-0.05, 0) is 68.4 Å². The molecule has 0 saturated heterocycles. The summed E-state index contributed by atoms with van der Waals surface area (Å²) in [5.74, 6) is 0.189. The van der Waals surface area contributed by atoms with E-state index >= 15 is 0 Å². The van der Waals surface area contributed by atoms with E-state index in [2.05, 4.69) is 12.2 Å². The standard InChI is InChI=1S/C27H27FN4O/c1-17-11-13-21(14-12-17)29-27(33)23-15-18(2)24-25(19-7-4-3-5-8-19)31-32(26(24)30-23)22-10-6-9-20(28)16-22/h3-10,15-17,21H,11-14H2,1-2H3,(H,29,33). The highest BCUT2D eigenvalue weighted by Gasteiger charge is 2.23. The SMILES string of the molecule is Cc1cc(C(=O)NC2CCC(C)CC2)nc2c1c(-c1ccccc1)nn2-c1cccc(F)c1. The van der Waals surface area contributed by atoms with Crippen LogP contribution in [0.4, 0.5) is 4.39 Å². The average Bonchev–Trinajstić information content (AvgIpc) is 3.21. The molecule has 5 rings (SSSR count). The third-order valence-corrected chi connectivity index (χ3v) is 6.52. The molecule has 0 atom stereocenters. The summed E-state index contributed by atoms with van der Waals surface area (Å²) in [7, 11) is 0. The molecular formula is C27H27FN4O. The number of carbonyl (C=O) groups excluding carboxylic acids is 1. The summed E-state index contributed by atoms with van der Waals surface area (Å²) in [6.07, 6.45) is 4.24. The summed E-state index contributed by atoms with van der Waals surface area (Å²) in [4.78, 5) is 17.8. The minimum absolute atomic E-state index is 0.173. The zero-order chi connectivity index (χ0) is 22.9. The Balaban J connectivity index is 1.61. The smallest absolute Gasteiger partial charge is 0.270 e. The summed E-state index contributed by atoms with van der Waals surface area (Å²) in [6, 6.07) is 18.1. The van der Waals surface area contributed by atoms with Crippen LogP contribution in [0.5, 0.6) is 0 Å².